The van der Waals surface area contributed by atoms with Crippen molar-refractivity contribution >= 4 is 12.4 Å². The van der Waals surface area contributed by atoms with E-state index in [4.69, 9.17) is 0 Å². The van der Waals surface area contributed by atoms with Gasteiger partial charge in [-0.05, 0) is 37.5 Å². The lowest BCUT2D eigenvalue weighted by atomic mass is 10.0. The van der Waals surface area contributed by atoms with Gasteiger partial charge in [-0.25, -0.2) is 0 Å². The maximum Gasteiger partial charge on any atom is 0.387 e. The standard InChI is InChI=1S/C15H22F2N2O.ClH/c1-10-6-13(7-11(2)14(10)20-15(16)17)9-19-5-4-18-12(3)8-19;/h6-7,12,15,18H,4-5,8-9H2,1-3H3;1H/t12-;/m1./s1. The van der Waals surface area contributed by atoms with Crippen molar-refractivity contribution in [1.29, 1.82) is 0 Å². The molecule has 0 spiro atoms. The Hall–Kier alpha value is -0.910. The van der Waals surface area contributed by atoms with Gasteiger partial charge in [-0.1, -0.05) is 12.1 Å². The van der Waals surface area contributed by atoms with Gasteiger partial charge in [0, 0.05) is 32.2 Å². The zero-order chi connectivity index (χ0) is 14.7. The quantitative estimate of drug-likeness (QED) is 0.922. The molecule has 1 heterocycles. The molecular formula is C15H23ClF2N2O. The number of ether oxygens (including phenoxy) is 1. The molecule has 0 aromatic heterocycles. The van der Waals surface area contributed by atoms with E-state index >= 15 is 0 Å². The molecule has 6 heteroatoms. The van der Waals surface area contributed by atoms with E-state index in [0.717, 1.165) is 42.9 Å². The lowest BCUT2D eigenvalue weighted by molar-refractivity contribution is -0.0507. The van der Waals surface area contributed by atoms with Crippen LogP contribution in [0.1, 0.15) is 23.6 Å². The number of piperazine rings is 1. The van der Waals surface area contributed by atoms with Crippen LogP contribution in [0.25, 0.3) is 0 Å². The van der Waals surface area contributed by atoms with Crippen molar-refractivity contribution in [2.75, 3.05) is 19.6 Å². The van der Waals surface area contributed by atoms with Crippen LogP contribution in [0.3, 0.4) is 0 Å². The van der Waals surface area contributed by atoms with Gasteiger partial charge >= 0.3 is 6.61 Å². The van der Waals surface area contributed by atoms with Crippen LogP contribution in [0.15, 0.2) is 12.1 Å². The van der Waals surface area contributed by atoms with Gasteiger partial charge in [0.05, 0.1) is 0 Å². The number of benzene rings is 1. The van der Waals surface area contributed by atoms with Crippen LogP contribution in [-0.4, -0.2) is 37.2 Å². The molecule has 3 nitrogen and oxygen atoms in total. The third-order valence-corrected chi connectivity index (χ3v) is 3.59. The highest BCUT2D eigenvalue weighted by atomic mass is 35.5. The molecule has 21 heavy (non-hydrogen) atoms. The second-order valence-electron chi connectivity index (χ2n) is 5.53. The van der Waals surface area contributed by atoms with Gasteiger partial charge in [0.1, 0.15) is 5.75 Å². The molecule has 1 N–H and O–H groups in total. The first kappa shape index (κ1) is 18.1. The highest BCUT2D eigenvalue weighted by Crippen LogP contribution is 2.27. The normalized spacial score (nSPS) is 19.4. The van der Waals surface area contributed by atoms with Crippen molar-refractivity contribution in [2.45, 2.75) is 40.0 Å². The van der Waals surface area contributed by atoms with E-state index in [1.54, 1.807) is 0 Å². The number of hydrogen-bond donors (Lipinski definition) is 1. The average molecular weight is 321 g/mol. The number of halogens is 3. The number of aryl methyl sites for hydroxylation is 2. The second kappa shape index (κ2) is 7.92. The zero-order valence-electron chi connectivity index (χ0n) is 12.7. The zero-order valence-corrected chi connectivity index (χ0v) is 13.5. The smallest absolute Gasteiger partial charge is 0.387 e. The van der Waals surface area contributed by atoms with Crippen molar-refractivity contribution in [3.63, 3.8) is 0 Å². The molecule has 0 bridgehead atoms. The third-order valence-electron chi connectivity index (χ3n) is 3.59. The van der Waals surface area contributed by atoms with Gasteiger partial charge in [-0.2, -0.15) is 8.78 Å². The van der Waals surface area contributed by atoms with E-state index in [1.165, 1.54) is 0 Å². The second-order valence-corrected chi connectivity index (χ2v) is 5.53. The maximum absolute atomic E-state index is 12.4. The highest BCUT2D eigenvalue weighted by molar-refractivity contribution is 5.85. The van der Waals surface area contributed by atoms with Crippen molar-refractivity contribution in [2.24, 2.45) is 0 Å². The Morgan fingerprint density at radius 2 is 1.95 bits per heavy atom. The molecule has 1 fully saturated rings. The van der Waals surface area contributed by atoms with Gasteiger partial charge < -0.3 is 10.1 Å². The summed E-state index contributed by atoms with van der Waals surface area (Å²) in [5.74, 6) is 0.303. The Bertz CT molecular complexity index is 448. The van der Waals surface area contributed by atoms with E-state index in [-0.39, 0.29) is 12.4 Å². The largest absolute Gasteiger partial charge is 0.434 e. The van der Waals surface area contributed by atoms with Crippen molar-refractivity contribution in [1.82, 2.24) is 10.2 Å². The molecule has 120 valence electrons. The van der Waals surface area contributed by atoms with E-state index < -0.39 is 6.61 Å². The first-order valence-electron chi connectivity index (χ1n) is 6.96. The van der Waals surface area contributed by atoms with Crippen molar-refractivity contribution in [3.8, 4) is 5.75 Å². The molecule has 1 saturated heterocycles. The Morgan fingerprint density at radius 3 is 2.48 bits per heavy atom. The van der Waals surface area contributed by atoms with Gasteiger partial charge in [0.25, 0.3) is 0 Å². The number of alkyl halides is 2. The van der Waals surface area contributed by atoms with Crippen molar-refractivity contribution < 1.29 is 13.5 Å². The summed E-state index contributed by atoms with van der Waals surface area (Å²) in [6.45, 7) is 6.89. The Kier molecular flexibility index (Phi) is 6.84. The molecule has 2 rings (SSSR count). The third kappa shape index (κ3) is 5.09. The minimum Gasteiger partial charge on any atom is -0.434 e. The van der Waals surface area contributed by atoms with Gasteiger partial charge in [-0.3, -0.25) is 4.90 Å². The topological polar surface area (TPSA) is 24.5 Å². The monoisotopic (exact) mass is 320 g/mol. The lowest BCUT2D eigenvalue weighted by Crippen LogP contribution is -2.48. The van der Waals surface area contributed by atoms with Crippen LogP contribution in [0.2, 0.25) is 0 Å². The Morgan fingerprint density at radius 1 is 1.33 bits per heavy atom. The maximum atomic E-state index is 12.4. The van der Waals surface area contributed by atoms with E-state index in [2.05, 4.69) is 21.9 Å². The predicted octanol–water partition coefficient (Wildman–Crippen LogP) is 3.12. The molecule has 0 unspecified atom stereocenters. The van der Waals surface area contributed by atoms with Gasteiger partial charge in [0.15, 0.2) is 0 Å². The minimum absolute atomic E-state index is 0. The van der Waals surface area contributed by atoms with Crippen LogP contribution in [0.5, 0.6) is 5.75 Å². The summed E-state index contributed by atoms with van der Waals surface area (Å²) in [6.07, 6.45) is 0. The number of nitrogens with one attached hydrogen (secondary N) is 1. The van der Waals surface area contributed by atoms with E-state index in [0.29, 0.717) is 11.8 Å². The summed E-state index contributed by atoms with van der Waals surface area (Å²) >= 11 is 0. The molecule has 0 amide bonds. The summed E-state index contributed by atoms with van der Waals surface area (Å²) in [5, 5.41) is 3.41. The Balaban J connectivity index is 0.00000220. The first-order valence-corrected chi connectivity index (χ1v) is 6.96. The highest BCUT2D eigenvalue weighted by Gasteiger charge is 2.17. The average Bonchev–Trinajstić information content (AvgIpc) is 2.33. The number of hydrogen-bond acceptors (Lipinski definition) is 3. The number of rotatable bonds is 4. The molecule has 1 aliphatic heterocycles. The fourth-order valence-electron chi connectivity index (χ4n) is 2.82. The minimum atomic E-state index is -2.77. The first-order chi connectivity index (χ1) is 9.45. The summed E-state index contributed by atoms with van der Waals surface area (Å²) in [6, 6.07) is 4.38. The summed E-state index contributed by atoms with van der Waals surface area (Å²) < 4.78 is 29.3. The number of nitrogens with zero attached hydrogens (tertiary/aromatic N) is 1. The van der Waals surface area contributed by atoms with E-state index in [1.807, 2.05) is 26.0 Å². The predicted molar refractivity (Wildman–Crippen MR) is 82.5 cm³/mol. The van der Waals surface area contributed by atoms with Gasteiger partial charge in [0.2, 0.25) is 0 Å². The molecular weight excluding hydrogens is 298 g/mol. The summed E-state index contributed by atoms with van der Waals surface area (Å²) in [5.41, 5.74) is 2.68. The fourth-order valence-corrected chi connectivity index (χ4v) is 2.82. The molecule has 0 aliphatic carbocycles. The molecule has 0 saturated carbocycles. The molecule has 1 aromatic carbocycles. The SMILES string of the molecule is Cc1cc(CN2CCN[C@H](C)C2)cc(C)c1OC(F)F.Cl. The van der Waals surface area contributed by atoms with Crippen molar-refractivity contribution in [3.05, 3.63) is 28.8 Å². The fraction of sp³-hybridized carbons (Fsp3) is 0.600. The lowest BCUT2D eigenvalue weighted by Gasteiger charge is -2.32. The summed E-state index contributed by atoms with van der Waals surface area (Å²) in [4.78, 5) is 2.38. The molecule has 0 radical (unpaired) electrons. The molecule has 1 aromatic rings. The molecule has 1 aliphatic rings. The van der Waals surface area contributed by atoms with Crippen LogP contribution >= 0.6 is 12.4 Å². The summed E-state index contributed by atoms with van der Waals surface area (Å²) in [7, 11) is 0. The van der Waals surface area contributed by atoms with Crippen LogP contribution < -0.4 is 10.1 Å². The molecule has 1 atom stereocenters. The van der Waals surface area contributed by atoms with E-state index in [9.17, 15) is 8.78 Å². The van der Waals surface area contributed by atoms with Crippen LogP contribution in [-0.2, 0) is 6.54 Å². The van der Waals surface area contributed by atoms with Crippen LogP contribution in [0, 0.1) is 13.8 Å². The van der Waals surface area contributed by atoms with Gasteiger partial charge in [-0.15, -0.1) is 12.4 Å². The van der Waals surface area contributed by atoms with Crippen LogP contribution in [0.4, 0.5) is 8.78 Å². The Labute approximate surface area is 131 Å².